The second-order valence-corrected chi connectivity index (χ2v) is 5.75. The number of hydrogen-bond donors (Lipinski definition) is 2. The maximum Gasteiger partial charge on any atom is 0.305 e. The zero-order valence-electron chi connectivity index (χ0n) is 12.6. The molecule has 0 aliphatic carbocycles. The number of aryl methyl sites for hydroxylation is 1. The van der Waals surface area contributed by atoms with Crippen molar-refractivity contribution >= 4 is 11.9 Å². The predicted octanol–water partition coefficient (Wildman–Crippen LogP) is 2.04. The summed E-state index contributed by atoms with van der Waals surface area (Å²) in [5.41, 5.74) is -0.707. The number of amides is 1. The summed E-state index contributed by atoms with van der Waals surface area (Å²) in [6.07, 6.45) is 0.660. The van der Waals surface area contributed by atoms with Gasteiger partial charge in [0, 0.05) is 19.6 Å². The Bertz CT molecular complexity index is 585. The number of aliphatic carboxylic acids is 1. The third-order valence-electron chi connectivity index (χ3n) is 3.97. The van der Waals surface area contributed by atoms with Gasteiger partial charge in [-0.15, -0.1) is 0 Å². The molecule has 1 aliphatic rings. The first-order chi connectivity index (χ1) is 10.9. The number of nitrogens with one attached hydrogen (secondary N) is 1. The molecule has 2 N–H and O–H groups in total. The van der Waals surface area contributed by atoms with Crippen molar-refractivity contribution in [2.75, 3.05) is 13.2 Å². The number of halogens is 2. The highest BCUT2D eigenvalue weighted by molar-refractivity contribution is 5.78. The van der Waals surface area contributed by atoms with Gasteiger partial charge in [0.15, 0.2) is 0 Å². The van der Waals surface area contributed by atoms with Crippen molar-refractivity contribution < 1.29 is 28.2 Å². The number of carbonyl (C=O) groups is 2. The lowest BCUT2D eigenvalue weighted by Gasteiger charge is -2.36. The molecule has 0 aromatic heterocycles. The summed E-state index contributed by atoms with van der Waals surface area (Å²) in [5.74, 6) is -2.50. The van der Waals surface area contributed by atoms with Gasteiger partial charge in [0.2, 0.25) is 5.91 Å². The van der Waals surface area contributed by atoms with Gasteiger partial charge < -0.3 is 15.2 Å². The van der Waals surface area contributed by atoms with Crippen LogP contribution in [0.1, 0.15) is 31.2 Å². The summed E-state index contributed by atoms with van der Waals surface area (Å²) in [5, 5.41) is 11.8. The van der Waals surface area contributed by atoms with Crippen LogP contribution in [0.25, 0.3) is 0 Å². The molecule has 1 amide bonds. The molecule has 1 aliphatic heterocycles. The quantitative estimate of drug-likeness (QED) is 0.838. The molecule has 1 saturated heterocycles. The fourth-order valence-corrected chi connectivity index (χ4v) is 2.74. The SMILES string of the molecule is O=C(O)CC1(NC(=O)CCc2cc(F)ccc2F)CCOCC1. The molecule has 1 heterocycles. The number of carbonyl (C=O) groups excluding carboxylic acids is 1. The van der Waals surface area contributed by atoms with E-state index < -0.39 is 23.1 Å². The van der Waals surface area contributed by atoms with Crippen LogP contribution in [0, 0.1) is 11.6 Å². The van der Waals surface area contributed by atoms with Crippen LogP contribution in [-0.4, -0.2) is 35.7 Å². The summed E-state index contributed by atoms with van der Waals surface area (Å²) >= 11 is 0. The van der Waals surface area contributed by atoms with Crippen LogP contribution in [0.4, 0.5) is 8.78 Å². The van der Waals surface area contributed by atoms with Gasteiger partial charge in [0.1, 0.15) is 11.6 Å². The number of carboxylic acids is 1. The van der Waals surface area contributed by atoms with Crippen molar-refractivity contribution in [3.05, 3.63) is 35.4 Å². The Hall–Kier alpha value is -2.02. The number of carboxylic acid groups (broad SMARTS) is 1. The van der Waals surface area contributed by atoms with E-state index in [0.717, 1.165) is 18.2 Å². The van der Waals surface area contributed by atoms with Crippen LogP contribution in [0.3, 0.4) is 0 Å². The maximum atomic E-state index is 13.5. The smallest absolute Gasteiger partial charge is 0.305 e. The monoisotopic (exact) mass is 327 g/mol. The predicted molar refractivity (Wildman–Crippen MR) is 77.9 cm³/mol. The van der Waals surface area contributed by atoms with Crippen LogP contribution < -0.4 is 5.32 Å². The Balaban J connectivity index is 1.96. The molecule has 1 aromatic carbocycles. The molecule has 0 saturated carbocycles. The van der Waals surface area contributed by atoms with E-state index in [-0.39, 0.29) is 30.7 Å². The van der Waals surface area contributed by atoms with Crippen LogP contribution in [0.5, 0.6) is 0 Å². The summed E-state index contributed by atoms with van der Waals surface area (Å²) < 4.78 is 31.8. The lowest BCUT2D eigenvalue weighted by Crippen LogP contribution is -2.53. The van der Waals surface area contributed by atoms with E-state index in [1.54, 1.807) is 0 Å². The van der Waals surface area contributed by atoms with E-state index in [1.165, 1.54) is 0 Å². The minimum atomic E-state index is -0.997. The molecule has 0 radical (unpaired) electrons. The van der Waals surface area contributed by atoms with E-state index >= 15 is 0 Å². The Morgan fingerprint density at radius 1 is 1.26 bits per heavy atom. The second kappa shape index (κ2) is 7.50. The highest BCUT2D eigenvalue weighted by atomic mass is 19.1. The van der Waals surface area contributed by atoms with Crippen LogP contribution >= 0.6 is 0 Å². The summed E-state index contributed by atoms with van der Waals surface area (Å²) in [6, 6.07) is 3.10. The topological polar surface area (TPSA) is 75.6 Å². The summed E-state index contributed by atoms with van der Waals surface area (Å²) in [4.78, 5) is 23.1. The molecular formula is C16H19F2NO4. The fourth-order valence-electron chi connectivity index (χ4n) is 2.74. The molecule has 126 valence electrons. The first-order valence-electron chi connectivity index (χ1n) is 7.45. The summed E-state index contributed by atoms with van der Waals surface area (Å²) in [6.45, 7) is 0.762. The molecule has 23 heavy (non-hydrogen) atoms. The average Bonchev–Trinajstić information content (AvgIpc) is 2.48. The normalized spacial score (nSPS) is 16.8. The highest BCUT2D eigenvalue weighted by Gasteiger charge is 2.36. The number of hydrogen-bond acceptors (Lipinski definition) is 3. The van der Waals surface area contributed by atoms with E-state index in [4.69, 9.17) is 9.84 Å². The van der Waals surface area contributed by atoms with Gasteiger partial charge in [-0.25, -0.2) is 8.78 Å². The standard InChI is InChI=1S/C16H19F2NO4/c17-12-2-3-13(18)11(9-12)1-4-14(20)19-16(10-15(21)22)5-7-23-8-6-16/h2-3,9H,1,4-8,10H2,(H,19,20)(H,21,22). The Kier molecular flexibility index (Phi) is 5.65. The van der Waals surface area contributed by atoms with Gasteiger partial charge in [-0.1, -0.05) is 0 Å². The van der Waals surface area contributed by atoms with Crippen molar-refractivity contribution in [2.45, 2.75) is 37.6 Å². The zero-order chi connectivity index (χ0) is 16.9. The first-order valence-corrected chi connectivity index (χ1v) is 7.45. The molecule has 0 atom stereocenters. The van der Waals surface area contributed by atoms with Gasteiger partial charge in [-0.05, 0) is 43.0 Å². The molecule has 2 rings (SSSR count). The van der Waals surface area contributed by atoms with Crippen LogP contribution in [0.2, 0.25) is 0 Å². The molecule has 7 heteroatoms. The third-order valence-corrected chi connectivity index (χ3v) is 3.97. The van der Waals surface area contributed by atoms with Crippen LogP contribution in [0.15, 0.2) is 18.2 Å². The molecule has 0 spiro atoms. The largest absolute Gasteiger partial charge is 0.481 e. The lowest BCUT2D eigenvalue weighted by atomic mass is 9.86. The summed E-state index contributed by atoms with van der Waals surface area (Å²) in [7, 11) is 0. The number of benzene rings is 1. The maximum absolute atomic E-state index is 13.5. The number of rotatable bonds is 6. The van der Waals surface area contributed by atoms with Gasteiger partial charge >= 0.3 is 5.97 Å². The second-order valence-electron chi connectivity index (χ2n) is 5.75. The molecule has 5 nitrogen and oxygen atoms in total. The van der Waals surface area contributed by atoms with Crippen molar-refractivity contribution in [3.63, 3.8) is 0 Å². The molecular weight excluding hydrogens is 308 g/mol. The van der Waals surface area contributed by atoms with Crippen molar-refractivity contribution in [1.82, 2.24) is 5.32 Å². The van der Waals surface area contributed by atoms with Gasteiger partial charge in [-0.3, -0.25) is 9.59 Å². The van der Waals surface area contributed by atoms with E-state index in [9.17, 15) is 18.4 Å². The van der Waals surface area contributed by atoms with E-state index in [0.29, 0.717) is 26.1 Å². The van der Waals surface area contributed by atoms with Crippen LogP contribution in [-0.2, 0) is 20.7 Å². The van der Waals surface area contributed by atoms with Gasteiger partial charge in [0.25, 0.3) is 0 Å². The zero-order valence-corrected chi connectivity index (χ0v) is 12.6. The average molecular weight is 327 g/mol. The minimum Gasteiger partial charge on any atom is -0.481 e. The number of ether oxygens (including phenoxy) is 1. The van der Waals surface area contributed by atoms with Gasteiger partial charge in [0.05, 0.1) is 12.0 Å². The molecule has 1 aromatic rings. The minimum absolute atomic E-state index is 0.0391. The molecule has 0 unspecified atom stereocenters. The van der Waals surface area contributed by atoms with Crippen molar-refractivity contribution in [1.29, 1.82) is 0 Å². The first kappa shape index (κ1) is 17.3. The Labute approximate surface area is 132 Å². The van der Waals surface area contributed by atoms with Crippen molar-refractivity contribution in [3.8, 4) is 0 Å². The highest BCUT2D eigenvalue weighted by Crippen LogP contribution is 2.25. The lowest BCUT2D eigenvalue weighted by molar-refractivity contribution is -0.140. The third kappa shape index (κ3) is 4.99. The van der Waals surface area contributed by atoms with E-state index in [2.05, 4.69) is 5.32 Å². The van der Waals surface area contributed by atoms with Gasteiger partial charge in [-0.2, -0.15) is 0 Å². The molecule has 0 bridgehead atoms. The Morgan fingerprint density at radius 3 is 2.61 bits per heavy atom. The van der Waals surface area contributed by atoms with Crippen molar-refractivity contribution in [2.24, 2.45) is 0 Å². The van der Waals surface area contributed by atoms with E-state index in [1.807, 2.05) is 0 Å². The molecule has 1 fully saturated rings. The Morgan fingerprint density at radius 2 is 1.96 bits per heavy atom. The fraction of sp³-hybridized carbons (Fsp3) is 0.500.